The van der Waals surface area contributed by atoms with Gasteiger partial charge in [0, 0.05) is 18.1 Å². The SMILES string of the molecule is NC(=O)CNC(=O)C1=C[C@@H](Oc2cc(F)ccc2Br)[C@H](O)[C@H](O)C1. The average Bonchev–Trinajstić information content (AvgIpc) is 2.52. The van der Waals surface area contributed by atoms with E-state index in [0.29, 0.717) is 4.47 Å². The van der Waals surface area contributed by atoms with E-state index in [2.05, 4.69) is 21.2 Å². The van der Waals surface area contributed by atoms with Gasteiger partial charge in [-0.15, -0.1) is 0 Å². The first-order valence-electron chi connectivity index (χ1n) is 7.03. The van der Waals surface area contributed by atoms with E-state index in [9.17, 15) is 24.2 Å². The van der Waals surface area contributed by atoms with E-state index in [1.54, 1.807) is 0 Å². The quantitative estimate of drug-likeness (QED) is 0.551. The summed E-state index contributed by atoms with van der Waals surface area (Å²) in [7, 11) is 0. The number of nitrogens with one attached hydrogen (secondary N) is 1. The van der Waals surface area contributed by atoms with Crippen molar-refractivity contribution in [1.82, 2.24) is 5.32 Å². The molecule has 24 heavy (non-hydrogen) atoms. The van der Waals surface area contributed by atoms with Crippen LogP contribution in [0.15, 0.2) is 34.3 Å². The number of aliphatic hydroxyl groups excluding tert-OH is 2. The molecule has 0 heterocycles. The van der Waals surface area contributed by atoms with E-state index in [1.807, 2.05) is 0 Å². The zero-order chi connectivity index (χ0) is 17.9. The van der Waals surface area contributed by atoms with Crippen molar-refractivity contribution in [3.8, 4) is 5.75 Å². The zero-order valence-electron chi connectivity index (χ0n) is 12.4. The molecule has 1 aliphatic rings. The summed E-state index contributed by atoms with van der Waals surface area (Å²) < 4.78 is 19.3. The van der Waals surface area contributed by atoms with Gasteiger partial charge >= 0.3 is 0 Å². The Morgan fingerprint density at radius 1 is 1.42 bits per heavy atom. The number of ether oxygens (including phenoxy) is 1. The van der Waals surface area contributed by atoms with Crippen molar-refractivity contribution in [2.75, 3.05) is 6.54 Å². The van der Waals surface area contributed by atoms with Gasteiger partial charge in [0.05, 0.1) is 17.1 Å². The summed E-state index contributed by atoms with van der Waals surface area (Å²) in [6.07, 6.45) is -2.41. The third kappa shape index (κ3) is 4.53. The molecular formula is C15H16BrFN2O5. The van der Waals surface area contributed by atoms with Crippen LogP contribution >= 0.6 is 15.9 Å². The van der Waals surface area contributed by atoms with E-state index in [-0.39, 0.29) is 24.3 Å². The second-order valence-corrected chi connectivity index (χ2v) is 6.11. The van der Waals surface area contributed by atoms with Crippen LogP contribution in [0, 0.1) is 5.82 Å². The molecule has 0 saturated heterocycles. The lowest BCUT2D eigenvalue weighted by molar-refractivity contribution is -0.123. The van der Waals surface area contributed by atoms with Gasteiger partial charge in [-0.2, -0.15) is 0 Å². The number of rotatable bonds is 5. The van der Waals surface area contributed by atoms with E-state index >= 15 is 0 Å². The number of halogens is 2. The minimum Gasteiger partial charge on any atom is -0.482 e. The maximum absolute atomic E-state index is 13.3. The van der Waals surface area contributed by atoms with Crippen LogP contribution in [0.5, 0.6) is 5.75 Å². The van der Waals surface area contributed by atoms with Crippen LogP contribution in [0.1, 0.15) is 6.42 Å². The summed E-state index contributed by atoms with van der Waals surface area (Å²) in [6, 6.07) is 3.76. The lowest BCUT2D eigenvalue weighted by Crippen LogP contribution is -2.45. The lowest BCUT2D eigenvalue weighted by Gasteiger charge is -2.31. The van der Waals surface area contributed by atoms with Crippen molar-refractivity contribution in [2.24, 2.45) is 5.73 Å². The van der Waals surface area contributed by atoms with Crippen LogP contribution < -0.4 is 15.8 Å². The van der Waals surface area contributed by atoms with Gasteiger partial charge in [-0.1, -0.05) is 0 Å². The largest absolute Gasteiger partial charge is 0.482 e. The Bertz CT molecular complexity index is 682. The summed E-state index contributed by atoms with van der Waals surface area (Å²) in [5, 5.41) is 22.3. The molecule has 0 spiro atoms. The molecule has 0 aromatic heterocycles. The molecule has 0 aliphatic heterocycles. The fourth-order valence-electron chi connectivity index (χ4n) is 2.20. The molecule has 1 aromatic carbocycles. The van der Waals surface area contributed by atoms with Crippen LogP contribution in [0.3, 0.4) is 0 Å². The molecule has 0 radical (unpaired) electrons. The Hall–Kier alpha value is -1.97. The number of carbonyl (C=O) groups is 2. The van der Waals surface area contributed by atoms with Crippen LogP contribution in [-0.4, -0.2) is 46.9 Å². The Morgan fingerprint density at radius 3 is 2.79 bits per heavy atom. The number of hydrogen-bond acceptors (Lipinski definition) is 5. The Labute approximate surface area is 145 Å². The van der Waals surface area contributed by atoms with E-state index in [1.165, 1.54) is 18.2 Å². The molecule has 7 nitrogen and oxygen atoms in total. The number of carbonyl (C=O) groups excluding carboxylic acids is 2. The minimum atomic E-state index is -1.30. The number of aliphatic hydroxyl groups is 2. The van der Waals surface area contributed by atoms with Gasteiger partial charge in [0.25, 0.3) is 0 Å². The average molecular weight is 403 g/mol. The molecule has 0 saturated carbocycles. The normalized spacial score (nSPS) is 23.3. The third-order valence-corrected chi connectivity index (χ3v) is 4.05. The maximum Gasteiger partial charge on any atom is 0.247 e. The van der Waals surface area contributed by atoms with E-state index in [0.717, 1.165) is 6.07 Å². The number of hydrogen-bond donors (Lipinski definition) is 4. The molecule has 0 unspecified atom stereocenters. The second kappa shape index (κ2) is 7.73. The van der Waals surface area contributed by atoms with Crippen molar-refractivity contribution < 1.29 is 28.9 Å². The first-order chi connectivity index (χ1) is 11.3. The molecule has 0 bridgehead atoms. The highest BCUT2D eigenvalue weighted by Crippen LogP contribution is 2.30. The van der Waals surface area contributed by atoms with E-state index in [4.69, 9.17) is 10.5 Å². The van der Waals surface area contributed by atoms with Gasteiger partial charge in [-0.25, -0.2) is 4.39 Å². The predicted octanol–water partition coefficient (Wildman–Crippen LogP) is -0.0110. The predicted molar refractivity (Wildman–Crippen MR) is 85.4 cm³/mol. The van der Waals surface area contributed by atoms with Crippen molar-refractivity contribution in [2.45, 2.75) is 24.7 Å². The highest BCUT2D eigenvalue weighted by atomic mass is 79.9. The lowest BCUT2D eigenvalue weighted by atomic mass is 9.91. The molecule has 1 aromatic rings. The summed E-state index contributed by atoms with van der Waals surface area (Å²) in [5.41, 5.74) is 5.08. The fraction of sp³-hybridized carbons (Fsp3) is 0.333. The number of benzene rings is 1. The van der Waals surface area contributed by atoms with Crippen LogP contribution in [-0.2, 0) is 9.59 Å². The van der Waals surface area contributed by atoms with Crippen molar-refractivity contribution in [3.63, 3.8) is 0 Å². The van der Waals surface area contributed by atoms with E-state index < -0.39 is 35.9 Å². The van der Waals surface area contributed by atoms with Crippen LogP contribution in [0.25, 0.3) is 0 Å². The van der Waals surface area contributed by atoms with Gasteiger partial charge in [-0.05, 0) is 34.1 Å². The molecular weight excluding hydrogens is 387 g/mol. The van der Waals surface area contributed by atoms with Crippen molar-refractivity contribution in [3.05, 3.63) is 40.1 Å². The number of amides is 2. The first-order valence-corrected chi connectivity index (χ1v) is 7.82. The van der Waals surface area contributed by atoms with Gasteiger partial charge < -0.3 is 26.0 Å². The first kappa shape index (κ1) is 18.4. The zero-order valence-corrected chi connectivity index (χ0v) is 14.0. The third-order valence-electron chi connectivity index (χ3n) is 3.40. The number of nitrogens with two attached hydrogens (primary N) is 1. The summed E-state index contributed by atoms with van der Waals surface area (Å²) in [4.78, 5) is 22.7. The molecule has 5 N–H and O–H groups in total. The van der Waals surface area contributed by atoms with Gasteiger partial charge in [-0.3, -0.25) is 9.59 Å². The Kier molecular flexibility index (Phi) is 5.92. The monoisotopic (exact) mass is 402 g/mol. The highest BCUT2D eigenvalue weighted by molar-refractivity contribution is 9.10. The molecule has 1 aliphatic carbocycles. The Morgan fingerprint density at radius 2 is 2.12 bits per heavy atom. The van der Waals surface area contributed by atoms with Crippen LogP contribution in [0.2, 0.25) is 0 Å². The molecule has 2 amide bonds. The molecule has 130 valence electrons. The number of primary amides is 1. The Balaban J connectivity index is 2.20. The molecule has 0 fully saturated rings. The minimum absolute atomic E-state index is 0.112. The summed E-state index contributed by atoms with van der Waals surface area (Å²) in [6.45, 7) is -0.351. The fourth-order valence-corrected chi connectivity index (χ4v) is 2.54. The molecule has 2 rings (SSSR count). The summed E-state index contributed by atoms with van der Waals surface area (Å²) in [5.74, 6) is -1.74. The van der Waals surface area contributed by atoms with Crippen LogP contribution in [0.4, 0.5) is 4.39 Å². The molecule has 9 heteroatoms. The summed E-state index contributed by atoms with van der Waals surface area (Å²) >= 11 is 3.19. The molecule has 3 atom stereocenters. The topological polar surface area (TPSA) is 122 Å². The standard InChI is InChI=1S/C15H16BrFN2O5/c16-9-2-1-8(17)5-11(9)24-12-4-7(3-10(20)14(12)22)15(23)19-6-13(18)21/h1-2,4-5,10,12,14,20,22H,3,6H2,(H2,18,21)(H,19,23)/t10-,12-,14-/m1/s1. The highest BCUT2D eigenvalue weighted by Gasteiger charge is 2.34. The van der Waals surface area contributed by atoms with Gasteiger partial charge in [0.2, 0.25) is 11.8 Å². The van der Waals surface area contributed by atoms with Gasteiger partial charge in [0.1, 0.15) is 23.8 Å². The second-order valence-electron chi connectivity index (χ2n) is 5.26. The maximum atomic E-state index is 13.3. The van der Waals surface area contributed by atoms with Gasteiger partial charge in [0.15, 0.2) is 0 Å². The smallest absolute Gasteiger partial charge is 0.247 e. The van der Waals surface area contributed by atoms with Crippen molar-refractivity contribution in [1.29, 1.82) is 0 Å². The van der Waals surface area contributed by atoms with Crippen molar-refractivity contribution >= 4 is 27.7 Å².